The number of pyridine rings is 1. The van der Waals surface area contributed by atoms with Crippen LogP contribution in [-0.4, -0.2) is 34.7 Å². The Morgan fingerprint density at radius 1 is 1.52 bits per heavy atom. The van der Waals surface area contributed by atoms with Crippen LogP contribution in [0, 0.1) is 0 Å². The van der Waals surface area contributed by atoms with E-state index in [1.807, 2.05) is 19.9 Å². The van der Waals surface area contributed by atoms with E-state index in [2.05, 4.69) is 32.8 Å². The maximum absolute atomic E-state index is 12.5. The fourth-order valence-electron chi connectivity index (χ4n) is 2.45. The SMILES string of the molecule is C=CC[C@H](CCC(F)(F)F)NC(=O)N(CC)[C@H](C)c1cc(Br)ccn1. The third kappa shape index (κ3) is 7.46. The highest BCUT2D eigenvalue weighted by molar-refractivity contribution is 9.10. The lowest BCUT2D eigenvalue weighted by Gasteiger charge is -2.30. The minimum absolute atomic E-state index is 0.178. The molecule has 8 heteroatoms. The number of carbonyl (C=O) groups is 1. The molecule has 0 aliphatic rings. The van der Waals surface area contributed by atoms with Crippen molar-refractivity contribution in [3.05, 3.63) is 41.2 Å². The molecule has 0 aromatic carbocycles. The zero-order valence-corrected chi connectivity index (χ0v) is 15.9. The van der Waals surface area contributed by atoms with Crippen LogP contribution >= 0.6 is 15.9 Å². The second-order valence-corrected chi connectivity index (χ2v) is 6.60. The lowest BCUT2D eigenvalue weighted by Crippen LogP contribution is -2.46. The van der Waals surface area contributed by atoms with Crippen LogP contribution in [0.15, 0.2) is 35.5 Å². The van der Waals surface area contributed by atoms with Crippen LogP contribution in [0.25, 0.3) is 0 Å². The zero-order chi connectivity index (χ0) is 19.0. The summed E-state index contributed by atoms with van der Waals surface area (Å²) >= 11 is 3.36. The first-order valence-electron chi connectivity index (χ1n) is 8.04. The van der Waals surface area contributed by atoms with Gasteiger partial charge in [-0.1, -0.05) is 22.0 Å². The Kier molecular flexibility index (Phi) is 8.41. The number of aromatic nitrogens is 1. The van der Waals surface area contributed by atoms with Crippen molar-refractivity contribution in [3.8, 4) is 0 Å². The summed E-state index contributed by atoms with van der Waals surface area (Å²) in [7, 11) is 0. The summed E-state index contributed by atoms with van der Waals surface area (Å²) in [5, 5.41) is 2.68. The molecule has 4 nitrogen and oxygen atoms in total. The van der Waals surface area contributed by atoms with Gasteiger partial charge in [0, 0.05) is 29.7 Å². The van der Waals surface area contributed by atoms with Crippen molar-refractivity contribution in [2.24, 2.45) is 0 Å². The highest BCUT2D eigenvalue weighted by Crippen LogP contribution is 2.24. The number of urea groups is 1. The van der Waals surface area contributed by atoms with Gasteiger partial charge in [-0.3, -0.25) is 4.98 Å². The number of nitrogens with one attached hydrogen (secondary N) is 1. The van der Waals surface area contributed by atoms with Crippen molar-refractivity contribution in [2.45, 2.75) is 51.4 Å². The number of hydrogen-bond donors (Lipinski definition) is 1. The van der Waals surface area contributed by atoms with Gasteiger partial charge in [0.15, 0.2) is 0 Å². The Morgan fingerprint density at radius 3 is 2.72 bits per heavy atom. The van der Waals surface area contributed by atoms with Crippen molar-refractivity contribution >= 4 is 22.0 Å². The van der Waals surface area contributed by atoms with E-state index in [0.717, 1.165) is 4.47 Å². The molecule has 1 rings (SSSR count). The molecule has 1 N–H and O–H groups in total. The van der Waals surface area contributed by atoms with Gasteiger partial charge in [-0.25, -0.2) is 4.79 Å². The minimum atomic E-state index is -4.25. The third-order valence-corrected chi connectivity index (χ3v) is 4.29. The van der Waals surface area contributed by atoms with E-state index in [1.54, 1.807) is 17.2 Å². The van der Waals surface area contributed by atoms with E-state index in [-0.39, 0.29) is 18.9 Å². The maximum Gasteiger partial charge on any atom is 0.389 e. The van der Waals surface area contributed by atoms with Crippen molar-refractivity contribution in [2.75, 3.05) is 6.54 Å². The molecule has 2 amide bonds. The summed E-state index contributed by atoms with van der Waals surface area (Å²) in [4.78, 5) is 18.3. The van der Waals surface area contributed by atoms with E-state index in [4.69, 9.17) is 0 Å². The maximum atomic E-state index is 12.5. The monoisotopic (exact) mass is 421 g/mol. The number of alkyl halides is 3. The molecule has 1 aromatic rings. The van der Waals surface area contributed by atoms with Crippen LogP contribution in [0.1, 0.15) is 44.8 Å². The lowest BCUT2D eigenvalue weighted by atomic mass is 10.1. The molecule has 0 saturated heterocycles. The van der Waals surface area contributed by atoms with Gasteiger partial charge in [-0.05, 0) is 38.8 Å². The fourth-order valence-corrected chi connectivity index (χ4v) is 2.80. The quantitative estimate of drug-likeness (QED) is 0.584. The molecule has 0 aliphatic carbocycles. The third-order valence-electron chi connectivity index (χ3n) is 3.80. The molecule has 0 unspecified atom stereocenters. The zero-order valence-electron chi connectivity index (χ0n) is 14.3. The molecule has 1 aromatic heterocycles. The fraction of sp³-hybridized carbons (Fsp3) is 0.529. The average Bonchev–Trinajstić information content (AvgIpc) is 2.52. The Labute approximate surface area is 154 Å². The van der Waals surface area contributed by atoms with Crippen molar-refractivity contribution in [1.29, 1.82) is 0 Å². The van der Waals surface area contributed by atoms with Crippen LogP contribution in [0.5, 0.6) is 0 Å². The summed E-state index contributed by atoms with van der Waals surface area (Å²) in [6, 6.07) is 2.26. The largest absolute Gasteiger partial charge is 0.389 e. The summed E-state index contributed by atoms with van der Waals surface area (Å²) in [6.45, 7) is 7.59. The normalized spacial score (nSPS) is 13.8. The van der Waals surface area contributed by atoms with E-state index in [1.165, 1.54) is 6.08 Å². The highest BCUT2D eigenvalue weighted by Gasteiger charge is 2.29. The second kappa shape index (κ2) is 9.79. The summed E-state index contributed by atoms with van der Waals surface area (Å²) in [5.74, 6) is 0. The Hall–Kier alpha value is -1.57. The molecule has 1 heterocycles. The first-order chi connectivity index (χ1) is 11.7. The van der Waals surface area contributed by atoms with Gasteiger partial charge < -0.3 is 10.2 Å². The number of amides is 2. The van der Waals surface area contributed by atoms with E-state index in [0.29, 0.717) is 12.2 Å². The average molecular weight is 422 g/mol. The van der Waals surface area contributed by atoms with Crippen molar-refractivity contribution < 1.29 is 18.0 Å². The van der Waals surface area contributed by atoms with E-state index in [9.17, 15) is 18.0 Å². The predicted molar refractivity (Wildman–Crippen MR) is 95.2 cm³/mol. The first kappa shape index (κ1) is 21.5. The number of halogens is 4. The highest BCUT2D eigenvalue weighted by atomic mass is 79.9. The van der Waals surface area contributed by atoms with E-state index < -0.39 is 24.7 Å². The molecule has 0 saturated carbocycles. The minimum Gasteiger partial charge on any atom is -0.335 e. The van der Waals surface area contributed by atoms with Crippen molar-refractivity contribution in [1.82, 2.24) is 15.2 Å². The number of nitrogens with zero attached hydrogens (tertiary/aromatic N) is 2. The van der Waals surface area contributed by atoms with Crippen LogP contribution in [0.3, 0.4) is 0 Å². The van der Waals surface area contributed by atoms with Crippen LogP contribution < -0.4 is 5.32 Å². The molecule has 0 radical (unpaired) electrons. The van der Waals surface area contributed by atoms with Gasteiger partial charge in [-0.15, -0.1) is 6.58 Å². The Morgan fingerprint density at radius 2 is 2.20 bits per heavy atom. The molecule has 0 aliphatic heterocycles. The first-order valence-corrected chi connectivity index (χ1v) is 8.83. The van der Waals surface area contributed by atoms with Gasteiger partial charge in [0.2, 0.25) is 0 Å². The van der Waals surface area contributed by atoms with Crippen LogP contribution in [0.2, 0.25) is 0 Å². The molecule has 2 atom stereocenters. The molecular formula is C17H23BrF3N3O. The van der Waals surface area contributed by atoms with Crippen LogP contribution in [-0.2, 0) is 0 Å². The van der Waals surface area contributed by atoms with Crippen molar-refractivity contribution in [3.63, 3.8) is 0 Å². The second-order valence-electron chi connectivity index (χ2n) is 5.69. The van der Waals surface area contributed by atoms with Gasteiger partial charge in [-0.2, -0.15) is 13.2 Å². The molecule has 0 spiro atoms. The summed E-state index contributed by atoms with van der Waals surface area (Å²) in [5.41, 5.74) is 0.696. The van der Waals surface area contributed by atoms with Gasteiger partial charge in [0.05, 0.1) is 11.7 Å². The Balaban J connectivity index is 2.79. The van der Waals surface area contributed by atoms with Gasteiger partial charge in [0.1, 0.15) is 0 Å². The summed E-state index contributed by atoms with van der Waals surface area (Å²) < 4.78 is 38.2. The van der Waals surface area contributed by atoms with Gasteiger partial charge >= 0.3 is 12.2 Å². The molecule has 0 bridgehead atoms. The standard InChI is InChI=1S/C17H23BrF3N3O/c1-4-6-14(7-9-17(19,20)21)23-16(25)24(5-2)12(3)15-11-13(18)8-10-22-15/h4,8,10-12,14H,1,5-7,9H2,2-3H3,(H,23,25)/t12-,14-/m1/s1. The topological polar surface area (TPSA) is 45.2 Å². The van der Waals surface area contributed by atoms with E-state index >= 15 is 0 Å². The summed E-state index contributed by atoms with van der Waals surface area (Å²) in [6.07, 6.45) is -1.95. The lowest BCUT2D eigenvalue weighted by molar-refractivity contribution is -0.136. The van der Waals surface area contributed by atoms with Crippen LogP contribution in [0.4, 0.5) is 18.0 Å². The smallest absolute Gasteiger partial charge is 0.335 e. The molecule has 140 valence electrons. The number of hydrogen-bond acceptors (Lipinski definition) is 2. The number of carbonyl (C=O) groups excluding carboxylic acids is 1. The number of rotatable bonds is 8. The predicted octanol–water partition coefficient (Wildman–Crippen LogP) is 5.22. The molecular weight excluding hydrogens is 399 g/mol. The Bertz CT molecular complexity index is 581. The van der Waals surface area contributed by atoms with Gasteiger partial charge in [0.25, 0.3) is 0 Å². The molecule has 25 heavy (non-hydrogen) atoms. The molecule has 0 fully saturated rings.